The summed E-state index contributed by atoms with van der Waals surface area (Å²) in [6.45, 7) is 4.56. The van der Waals surface area contributed by atoms with Gasteiger partial charge in [-0.3, -0.25) is 4.57 Å². The Bertz CT molecular complexity index is 1710. The van der Waals surface area contributed by atoms with Crippen molar-refractivity contribution in [2.75, 3.05) is 0 Å². The van der Waals surface area contributed by atoms with Crippen LogP contribution in [0.5, 0.6) is 11.5 Å². The topological polar surface area (TPSA) is 44.9 Å². The molecule has 3 aromatic carbocycles. The molecule has 0 spiro atoms. The number of rotatable bonds is 3. The van der Waals surface area contributed by atoms with E-state index in [1.165, 1.54) is 27.4 Å². The molecule has 7 rings (SSSR count). The van der Waals surface area contributed by atoms with E-state index < -0.39 is 0 Å². The first-order chi connectivity index (χ1) is 16.6. The minimum Gasteiger partial charge on any atom is -0.457 e. The van der Waals surface area contributed by atoms with Gasteiger partial charge in [-0.25, -0.2) is 9.67 Å². The van der Waals surface area contributed by atoms with Gasteiger partial charge in [0, 0.05) is 52.5 Å². The van der Waals surface area contributed by atoms with Crippen LogP contribution in [0, 0.1) is 0 Å². The second kappa shape index (κ2) is 6.81. The summed E-state index contributed by atoms with van der Waals surface area (Å²) in [6, 6.07) is 27.0. The van der Waals surface area contributed by atoms with E-state index in [9.17, 15) is 0 Å². The molecule has 0 N–H and O–H groups in total. The smallest absolute Gasteiger partial charge is 0.141 e. The highest BCUT2D eigenvalue weighted by Gasteiger charge is 2.35. The second-order valence-electron chi connectivity index (χ2n) is 9.27. The quantitative estimate of drug-likeness (QED) is 0.303. The van der Waals surface area contributed by atoms with E-state index in [1.807, 2.05) is 59.5 Å². The van der Waals surface area contributed by atoms with E-state index in [0.29, 0.717) is 0 Å². The van der Waals surface area contributed by atoms with E-state index in [-0.39, 0.29) is 5.41 Å². The zero-order valence-electron chi connectivity index (χ0n) is 18.9. The Morgan fingerprint density at radius 3 is 2.50 bits per heavy atom. The Labute approximate surface area is 196 Å². The summed E-state index contributed by atoms with van der Waals surface area (Å²) in [4.78, 5) is 4.83. The van der Waals surface area contributed by atoms with Gasteiger partial charge in [-0.15, -0.1) is 0 Å². The number of hydrogen-bond donors (Lipinski definition) is 0. The van der Waals surface area contributed by atoms with Crippen molar-refractivity contribution in [3.05, 3.63) is 109 Å². The predicted octanol–water partition coefficient (Wildman–Crippen LogP) is 6.80. The molecule has 0 bridgehead atoms. The van der Waals surface area contributed by atoms with Gasteiger partial charge in [0.2, 0.25) is 0 Å². The SMILES string of the molecule is CC1(C)c2cccnc2-n2c3cc(Oc4cccc(-n5cccn5)c4)ccc3c3cccc1c32. The molecule has 5 heteroatoms. The van der Waals surface area contributed by atoms with Gasteiger partial charge in [0.15, 0.2) is 0 Å². The summed E-state index contributed by atoms with van der Waals surface area (Å²) in [5.41, 5.74) is 5.70. The molecule has 0 atom stereocenters. The van der Waals surface area contributed by atoms with Crippen LogP contribution in [0.4, 0.5) is 0 Å². The number of fused-ring (bicyclic) bond motifs is 5. The van der Waals surface area contributed by atoms with Crippen LogP contribution in [0.1, 0.15) is 25.0 Å². The maximum absolute atomic E-state index is 6.32. The first kappa shape index (κ1) is 19.1. The molecular formula is C29H22N4O. The molecule has 0 fully saturated rings. The van der Waals surface area contributed by atoms with Gasteiger partial charge in [0.25, 0.3) is 0 Å². The molecule has 0 radical (unpaired) electrons. The molecule has 1 aliphatic rings. The fourth-order valence-electron chi connectivity index (χ4n) is 5.29. The molecule has 34 heavy (non-hydrogen) atoms. The zero-order chi connectivity index (χ0) is 22.9. The van der Waals surface area contributed by atoms with Crippen molar-refractivity contribution in [2.45, 2.75) is 19.3 Å². The van der Waals surface area contributed by atoms with Crippen LogP contribution < -0.4 is 4.74 Å². The summed E-state index contributed by atoms with van der Waals surface area (Å²) in [5.74, 6) is 2.54. The monoisotopic (exact) mass is 442 g/mol. The minimum atomic E-state index is -0.125. The number of pyridine rings is 1. The van der Waals surface area contributed by atoms with Crippen LogP contribution in [-0.4, -0.2) is 19.3 Å². The zero-order valence-corrected chi connectivity index (χ0v) is 18.9. The normalized spacial score (nSPS) is 13.8. The lowest BCUT2D eigenvalue weighted by molar-refractivity contribution is 0.483. The Kier molecular flexibility index (Phi) is 3.83. The lowest BCUT2D eigenvalue weighted by Gasteiger charge is -2.33. The Morgan fingerprint density at radius 2 is 1.62 bits per heavy atom. The average molecular weight is 443 g/mol. The molecule has 6 aromatic rings. The molecule has 0 aliphatic carbocycles. The van der Waals surface area contributed by atoms with Gasteiger partial charge in [0.05, 0.1) is 16.7 Å². The number of hydrogen-bond acceptors (Lipinski definition) is 3. The van der Waals surface area contributed by atoms with Gasteiger partial charge in [-0.05, 0) is 42.0 Å². The van der Waals surface area contributed by atoms with E-state index >= 15 is 0 Å². The van der Waals surface area contributed by atoms with E-state index in [2.05, 4.69) is 59.9 Å². The molecule has 0 amide bonds. The van der Waals surface area contributed by atoms with Crippen molar-refractivity contribution in [3.63, 3.8) is 0 Å². The molecular weight excluding hydrogens is 420 g/mol. The van der Waals surface area contributed by atoms with Crippen molar-refractivity contribution >= 4 is 21.8 Å². The molecule has 4 heterocycles. The standard InChI is InChI=1S/C29H22N4O/c1-29(2)24-10-4-9-23-22-13-12-21(34-20-8-3-7-19(17-20)32-16-6-15-31-32)18-26(22)33(27(23)24)28-25(29)11-5-14-30-28/h3-18H,1-2H3. The van der Waals surface area contributed by atoms with Crippen LogP contribution in [0.3, 0.4) is 0 Å². The maximum Gasteiger partial charge on any atom is 0.141 e. The lowest BCUT2D eigenvalue weighted by Crippen LogP contribution is -2.26. The van der Waals surface area contributed by atoms with Gasteiger partial charge < -0.3 is 4.74 Å². The van der Waals surface area contributed by atoms with Crippen LogP contribution in [-0.2, 0) is 5.41 Å². The van der Waals surface area contributed by atoms with Crippen LogP contribution >= 0.6 is 0 Å². The fraction of sp³-hybridized carbons (Fsp3) is 0.103. The van der Waals surface area contributed by atoms with Gasteiger partial charge in [0.1, 0.15) is 17.3 Å². The molecule has 1 aliphatic heterocycles. The predicted molar refractivity (Wildman–Crippen MR) is 134 cm³/mol. The Balaban J connectivity index is 1.42. The third kappa shape index (κ3) is 2.61. The average Bonchev–Trinajstić information content (AvgIpc) is 3.50. The summed E-state index contributed by atoms with van der Waals surface area (Å²) < 4.78 is 10.4. The summed E-state index contributed by atoms with van der Waals surface area (Å²) in [6.07, 6.45) is 5.57. The fourth-order valence-corrected chi connectivity index (χ4v) is 5.29. The molecule has 3 aromatic heterocycles. The first-order valence-corrected chi connectivity index (χ1v) is 11.4. The van der Waals surface area contributed by atoms with Crippen molar-refractivity contribution in [2.24, 2.45) is 0 Å². The van der Waals surface area contributed by atoms with Crippen molar-refractivity contribution in [3.8, 4) is 23.0 Å². The van der Waals surface area contributed by atoms with Gasteiger partial charge in [-0.1, -0.05) is 44.2 Å². The lowest BCUT2D eigenvalue weighted by atomic mass is 9.76. The van der Waals surface area contributed by atoms with Gasteiger partial charge >= 0.3 is 0 Å². The number of ether oxygens (including phenoxy) is 1. The number of nitrogens with zero attached hydrogens (tertiary/aromatic N) is 4. The molecule has 0 saturated heterocycles. The first-order valence-electron chi connectivity index (χ1n) is 11.4. The maximum atomic E-state index is 6.32. The summed E-state index contributed by atoms with van der Waals surface area (Å²) >= 11 is 0. The highest BCUT2D eigenvalue weighted by atomic mass is 16.5. The van der Waals surface area contributed by atoms with Crippen molar-refractivity contribution in [1.29, 1.82) is 0 Å². The van der Waals surface area contributed by atoms with Crippen LogP contribution in [0.25, 0.3) is 33.3 Å². The summed E-state index contributed by atoms with van der Waals surface area (Å²) in [5, 5.41) is 6.76. The third-order valence-electron chi connectivity index (χ3n) is 6.93. The molecule has 0 unspecified atom stereocenters. The van der Waals surface area contributed by atoms with E-state index in [0.717, 1.165) is 28.5 Å². The number of aromatic nitrogens is 4. The number of benzene rings is 3. The highest BCUT2D eigenvalue weighted by Crippen LogP contribution is 2.47. The Morgan fingerprint density at radius 1 is 0.765 bits per heavy atom. The highest BCUT2D eigenvalue weighted by molar-refractivity contribution is 6.11. The molecule has 164 valence electrons. The summed E-state index contributed by atoms with van der Waals surface area (Å²) in [7, 11) is 0. The molecule has 5 nitrogen and oxygen atoms in total. The second-order valence-corrected chi connectivity index (χ2v) is 9.27. The van der Waals surface area contributed by atoms with Crippen LogP contribution in [0.15, 0.2) is 97.5 Å². The van der Waals surface area contributed by atoms with Crippen LogP contribution in [0.2, 0.25) is 0 Å². The van der Waals surface area contributed by atoms with E-state index in [4.69, 9.17) is 9.72 Å². The Hall–Kier alpha value is -4.38. The molecule has 0 saturated carbocycles. The third-order valence-corrected chi connectivity index (χ3v) is 6.93. The minimum absolute atomic E-state index is 0.125. The van der Waals surface area contributed by atoms with Crippen molar-refractivity contribution < 1.29 is 4.74 Å². The van der Waals surface area contributed by atoms with Crippen molar-refractivity contribution in [1.82, 2.24) is 19.3 Å². The van der Waals surface area contributed by atoms with E-state index in [1.54, 1.807) is 6.20 Å². The van der Waals surface area contributed by atoms with Gasteiger partial charge in [-0.2, -0.15) is 5.10 Å². The number of para-hydroxylation sites is 1. The largest absolute Gasteiger partial charge is 0.457 e.